The lowest BCUT2D eigenvalue weighted by molar-refractivity contribution is 0.104. The number of halogens is 3. The van der Waals surface area contributed by atoms with E-state index in [-0.39, 0.29) is 37.2 Å². The van der Waals surface area contributed by atoms with Gasteiger partial charge < -0.3 is 0 Å². The van der Waals surface area contributed by atoms with Crippen molar-refractivity contribution < 1.29 is 0 Å². The van der Waals surface area contributed by atoms with Gasteiger partial charge in [-0.1, -0.05) is 60.7 Å². The monoisotopic (exact) mass is 471 g/mol. The Hall–Kier alpha value is -1.14. The van der Waals surface area contributed by atoms with Crippen LogP contribution in [-0.2, 0) is 6.54 Å². The number of nitrogens with zero attached hydrogens (tertiary/aromatic N) is 3. The van der Waals surface area contributed by atoms with Crippen LogP contribution in [0.4, 0.5) is 0 Å². The Morgan fingerprint density at radius 2 is 1.34 bits per heavy atom. The molecule has 2 heterocycles. The van der Waals surface area contributed by atoms with Crippen LogP contribution in [0, 0.1) is 6.92 Å². The number of hydrogen-bond acceptors (Lipinski definition) is 4. The predicted octanol–water partition coefficient (Wildman–Crippen LogP) is 5.62. The van der Waals surface area contributed by atoms with Crippen molar-refractivity contribution in [1.82, 2.24) is 14.8 Å². The number of aryl methyl sites for hydroxylation is 1. The fourth-order valence-electron chi connectivity index (χ4n) is 3.77. The first-order valence-electron chi connectivity index (χ1n) is 9.27. The summed E-state index contributed by atoms with van der Waals surface area (Å²) in [5.41, 5.74) is 3.97. The molecule has 3 aromatic rings. The summed E-state index contributed by atoms with van der Waals surface area (Å²) < 4.78 is 0. The van der Waals surface area contributed by atoms with Gasteiger partial charge in [0.25, 0.3) is 0 Å². The molecule has 3 nitrogen and oxygen atoms in total. The third-order valence-corrected chi connectivity index (χ3v) is 5.88. The summed E-state index contributed by atoms with van der Waals surface area (Å²) in [4.78, 5) is 9.76. The lowest BCUT2D eigenvalue weighted by Gasteiger charge is -2.39. The van der Waals surface area contributed by atoms with E-state index in [9.17, 15) is 0 Å². The number of aromatic nitrogens is 1. The molecule has 158 valence electrons. The smallest absolute Gasteiger partial charge is 0.0897 e. The molecule has 0 atom stereocenters. The molecule has 4 rings (SSSR count). The standard InChI is InChI=1S/C22H25N3S.3ClH/c1-18-23-21(17-26-18)16-24-12-14-25(15-13-24)22(19-8-4-2-5-9-19)20-10-6-3-7-11-20;;;/h2-11,17,22H,12-16H2,1H3;3*1H. The van der Waals surface area contributed by atoms with Gasteiger partial charge in [0.2, 0.25) is 0 Å². The molecule has 0 bridgehead atoms. The average Bonchev–Trinajstić information content (AvgIpc) is 3.10. The molecule has 1 aromatic heterocycles. The minimum atomic E-state index is 0. The van der Waals surface area contributed by atoms with E-state index >= 15 is 0 Å². The quantitative estimate of drug-likeness (QED) is 0.480. The molecular weight excluding hydrogens is 445 g/mol. The molecule has 29 heavy (non-hydrogen) atoms. The molecule has 0 N–H and O–H groups in total. The maximum atomic E-state index is 4.62. The normalized spacial score (nSPS) is 14.6. The summed E-state index contributed by atoms with van der Waals surface area (Å²) in [6, 6.07) is 22.1. The highest BCUT2D eigenvalue weighted by molar-refractivity contribution is 7.09. The Balaban J connectivity index is 0.00000140. The number of hydrogen-bond donors (Lipinski definition) is 0. The predicted molar refractivity (Wildman–Crippen MR) is 130 cm³/mol. The topological polar surface area (TPSA) is 19.4 Å². The highest BCUT2D eigenvalue weighted by atomic mass is 35.5. The third-order valence-electron chi connectivity index (χ3n) is 5.05. The van der Waals surface area contributed by atoms with Crippen molar-refractivity contribution in [3.8, 4) is 0 Å². The van der Waals surface area contributed by atoms with E-state index in [1.165, 1.54) is 16.8 Å². The Kier molecular flexibility index (Phi) is 11.2. The summed E-state index contributed by atoms with van der Waals surface area (Å²) in [7, 11) is 0. The molecule has 0 saturated carbocycles. The first-order chi connectivity index (χ1) is 12.8. The van der Waals surface area contributed by atoms with Crippen LogP contribution in [0.15, 0.2) is 66.0 Å². The Morgan fingerprint density at radius 3 is 1.79 bits per heavy atom. The molecule has 1 saturated heterocycles. The van der Waals surface area contributed by atoms with E-state index in [0.29, 0.717) is 6.04 Å². The fourth-order valence-corrected chi connectivity index (χ4v) is 4.38. The van der Waals surface area contributed by atoms with Crippen LogP contribution >= 0.6 is 48.6 Å². The average molecular weight is 473 g/mol. The van der Waals surface area contributed by atoms with Crippen molar-refractivity contribution >= 4 is 48.6 Å². The first-order valence-corrected chi connectivity index (χ1v) is 10.1. The molecule has 1 fully saturated rings. The van der Waals surface area contributed by atoms with Gasteiger partial charge in [0, 0.05) is 38.1 Å². The summed E-state index contributed by atoms with van der Waals surface area (Å²) in [6.45, 7) is 7.39. The summed E-state index contributed by atoms with van der Waals surface area (Å²) in [5.74, 6) is 0. The lowest BCUT2D eigenvalue weighted by Crippen LogP contribution is -2.47. The number of benzene rings is 2. The van der Waals surface area contributed by atoms with Crippen LogP contribution in [0.1, 0.15) is 27.9 Å². The zero-order valence-corrected chi connectivity index (χ0v) is 19.7. The van der Waals surface area contributed by atoms with Crippen molar-refractivity contribution in [3.05, 3.63) is 87.9 Å². The Labute approximate surface area is 196 Å². The van der Waals surface area contributed by atoms with Crippen molar-refractivity contribution in [2.45, 2.75) is 19.5 Å². The largest absolute Gasteiger partial charge is 0.295 e. The van der Waals surface area contributed by atoms with Crippen molar-refractivity contribution in [1.29, 1.82) is 0 Å². The van der Waals surface area contributed by atoms with E-state index < -0.39 is 0 Å². The Bertz CT molecular complexity index is 782. The minimum absolute atomic E-state index is 0. The van der Waals surface area contributed by atoms with Gasteiger partial charge in [-0.05, 0) is 18.1 Å². The molecular formula is C22H28Cl3N3S. The van der Waals surface area contributed by atoms with Crippen LogP contribution in [0.2, 0.25) is 0 Å². The van der Waals surface area contributed by atoms with E-state index in [2.05, 4.69) is 87.8 Å². The van der Waals surface area contributed by atoms with Crippen LogP contribution < -0.4 is 0 Å². The van der Waals surface area contributed by atoms with Crippen LogP contribution in [0.5, 0.6) is 0 Å². The fraction of sp³-hybridized carbons (Fsp3) is 0.318. The van der Waals surface area contributed by atoms with Gasteiger partial charge in [-0.2, -0.15) is 0 Å². The molecule has 7 heteroatoms. The van der Waals surface area contributed by atoms with Crippen molar-refractivity contribution in [2.75, 3.05) is 26.2 Å². The second kappa shape index (κ2) is 12.5. The minimum Gasteiger partial charge on any atom is -0.295 e. The van der Waals surface area contributed by atoms with Crippen LogP contribution in [0.3, 0.4) is 0 Å². The van der Waals surface area contributed by atoms with E-state index in [4.69, 9.17) is 0 Å². The van der Waals surface area contributed by atoms with Crippen molar-refractivity contribution in [2.24, 2.45) is 0 Å². The highest BCUT2D eigenvalue weighted by Gasteiger charge is 2.26. The second-order valence-electron chi connectivity index (χ2n) is 6.89. The molecule has 0 unspecified atom stereocenters. The molecule has 0 aliphatic carbocycles. The van der Waals surface area contributed by atoms with Gasteiger partial charge in [0.05, 0.1) is 16.7 Å². The van der Waals surface area contributed by atoms with Gasteiger partial charge in [-0.25, -0.2) is 4.98 Å². The van der Waals surface area contributed by atoms with Gasteiger partial charge >= 0.3 is 0 Å². The van der Waals surface area contributed by atoms with E-state index in [1.807, 2.05) is 0 Å². The lowest BCUT2D eigenvalue weighted by atomic mass is 9.96. The van der Waals surface area contributed by atoms with Crippen LogP contribution in [-0.4, -0.2) is 41.0 Å². The molecule has 1 aliphatic heterocycles. The molecule has 1 aliphatic rings. The summed E-state index contributed by atoms with van der Waals surface area (Å²) in [6.07, 6.45) is 0. The number of thiazole rings is 1. The zero-order valence-electron chi connectivity index (χ0n) is 16.4. The maximum Gasteiger partial charge on any atom is 0.0897 e. The Morgan fingerprint density at radius 1 is 0.828 bits per heavy atom. The highest BCUT2D eigenvalue weighted by Crippen LogP contribution is 2.29. The molecule has 2 aromatic carbocycles. The van der Waals surface area contributed by atoms with Crippen LogP contribution in [0.25, 0.3) is 0 Å². The van der Waals surface area contributed by atoms with Gasteiger partial charge in [0.1, 0.15) is 0 Å². The number of rotatable bonds is 5. The number of piperazine rings is 1. The molecule has 0 spiro atoms. The molecule has 0 amide bonds. The summed E-state index contributed by atoms with van der Waals surface area (Å²) in [5, 5.41) is 3.35. The molecule has 0 radical (unpaired) electrons. The maximum absolute atomic E-state index is 4.62. The van der Waals surface area contributed by atoms with E-state index in [0.717, 1.165) is 37.7 Å². The van der Waals surface area contributed by atoms with Crippen molar-refractivity contribution in [3.63, 3.8) is 0 Å². The van der Waals surface area contributed by atoms with Gasteiger partial charge in [0.15, 0.2) is 0 Å². The second-order valence-corrected chi connectivity index (χ2v) is 7.96. The first kappa shape index (κ1) is 25.9. The summed E-state index contributed by atoms with van der Waals surface area (Å²) >= 11 is 1.74. The third kappa shape index (κ3) is 6.68. The van der Waals surface area contributed by atoms with E-state index in [1.54, 1.807) is 11.3 Å². The van der Waals surface area contributed by atoms with Gasteiger partial charge in [-0.3, -0.25) is 9.80 Å². The van der Waals surface area contributed by atoms with Gasteiger partial charge in [-0.15, -0.1) is 48.6 Å². The zero-order chi connectivity index (χ0) is 17.8. The SMILES string of the molecule is Cc1nc(CN2CCN(C(c3ccccc3)c3ccccc3)CC2)cs1.Cl.Cl.Cl.